The molecule has 3 aromatic rings. The van der Waals surface area contributed by atoms with Gasteiger partial charge in [0.15, 0.2) is 5.65 Å². The van der Waals surface area contributed by atoms with Crippen molar-refractivity contribution in [2.75, 3.05) is 20.1 Å². The van der Waals surface area contributed by atoms with Crippen LogP contribution < -0.4 is 0 Å². The van der Waals surface area contributed by atoms with Crippen LogP contribution in [0.5, 0.6) is 0 Å². The highest BCUT2D eigenvalue weighted by molar-refractivity contribution is 5.63. The van der Waals surface area contributed by atoms with Crippen molar-refractivity contribution in [3.05, 3.63) is 53.9 Å². The molecule has 4 rings (SSSR count). The zero-order valence-corrected chi connectivity index (χ0v) is 15.9. The molecular weight excluding hydrogens is 332 g/mol. The van der Waals surface area contributed by atoms with E-state index in [1.807, 2.05) is 10.7 Å². The van der Waals surface area contributed by atoms with Crippen molar-refractivity contribution < 1.29 is 0 Å². The lowest BCUT2D eigenvalue weighted by atomic mass is 9.93. The number of hydrogen-bond acceptors (Lipinski definition) is 3. The number of benzene rings is 1. The number of hydrogen-bond donors (Lipinski definition) is 0. The van der Waals surface area contributed by atoms with Crippen LogP contribution in [0.3, 0.4) is 0 Å². The van der Waals surface area contributed by atoms with E-state index in [0.717, 1.165) is 40.5 Å². The van der Waals surface area contributed by atoms with E-state index in [4.69, 9.17) is 11.5 Å². The molecule has 0 aliphatic carbocycles. The second-order valence-electron chi connectivity index (χ2n) is 7.63. The molecule has 0 radical (unpaired) electrons. The Kier molecular flexibility index (Phi) is 5.22. The SMILES string of the molecule is C#CCc1ccc(-c2cnc3ccc(CCC4CCCN(C)C4)nn23)cc1. The Hall–Kier alpha value is -2.64. The minimum Gasteiger partial charge on any atom is -0.306 e. The molecule has 1 saturated heterocycles. The average Bonchev–Trinajstić information content (AvgIpc) is 3.11. The fourth-order valence-electron chi connectivity index (χ4n) is 4.01. The molecule has 1 fully saturated rings. The van der Waals surface area contributed by atoms with Gasteiger partial charge in [-0.1, -0.05) is 24.3 Å². The van der Waals surface area contributed by atoms with Crippen LogP contribution in [0.4, 0.5) is 0 Å². The van der Waals surface area contributed by atoms with Gasteiger partial charge in [0.05, 0.1) is 17.6 Å². The van der Waals surface area contributed by atoms with Gasteiger partial charge in [-0.15, -0.1) is 12.3 Å². The molecule has 1 aromatic carbocycles. The lowest BCUT2D eigenvalue weighted by Crippen LogP contribution is -2.32. The van der Waals surface area contributed by atoms with Gasteiger partial charge in [0, 0.05) is 18.5 Å². The lowest BCUT2D eigenvalue weighted by molar-refractivity contribution is 0.202. The minimum absolute atomic E-state index is 0.659. The summed E-state index contributed by atoms with van der Waals surface area (Å²) < 4.78 is 1.97. The molecule has 0 N–H and O–H groups in total. The minimum atomic E-state index is 0.659. The second kappa shape index (κ2) is 7.94. The number of piperidine rings is 1. The first-order valence-corrected chi connectivity index (χ1v) is 9.78. The number of aromatic nitrogens is 3. The lowest BCUT2D eigenvalue weighted by Gasteiger charge is -2.29. The summed E-state index contributed by atoms with van der Waals surface area (Å²) in [5, 5.41) is 4.88. The molecule has 0 bridgehead atoms. The molecule has 0 amide bonds. The molecule has 3 heterocycles. The Balaban J connectivity index is 1.53. The Morgan fingerprint density at radius 3 is 2.81 bits per heavy atom. The zero-order valence-electron chi connectivity index (χ0n) is 15.9. The third-order valence-corrected chi connectivity index (χ3v) is 5.50. The normalized spacial score (nSPS) is 17.9. The van der Waals surface area contributed by atoms with Gasteiger partial charge >= 0.3 is 0 Å². The summed E-state index contributed by atoms with van der Waals surface area (Å²) in [4.78, 5) is 6.96. The van der Waals surface area contributed by atoms with Crippen LogP contribution in [0.25, 0.3) is 16.9 Å². The molecule has 1 unspecified atom stereocenters. The molecule has 1 aliphatic rings. The second-order valence-corrected chi connectivity index (χ2v) is 7.63. The van der Waals surface area contributed by atoms with Gasteiger partial charge in [-0.05, 0) is 62.9 Å². The molecule has 4 heteroatoms. The van der Waals surface area contributed by atoms with Crippen molar-refractivity contribution >= 4 is 5.65 Å². The monoisotopic (exact) mass is 358 g/mol. The summed E-state index contributed by atoms with van der Waals surface area (Å²) in [7, 11) is 2.23. The number of aryl methyl sites for hydroxylation is 1. The maximum absolute atomic E-state index is 5.40. The third kappa shape index (κ3) is 4.04. The van der Waals surface area contributed by atoms with Crippen molar-refractivity contribution in [2.45, 2.75) is 32.1 Å². The van der Waals surface area contributed by atoms with E-state index < -0.39 is 0 Å². The number of imidazole rings is 1. The van der Waals surface area contributed by atoms with Gasteiger partial charge < -0.3 is 4.90 Å². The maximum atomic E-state index is 5.40. The highest BCUT2D eigenvalue weighted by atomic mass is 15.3. The topological polar surface area (TPSA) is 33.4 Å². The van der Waals surface area contributed by atoms with Crippen LogP contribution in [0, 0.1) is 18.3 Å². The van der Waals surface area contributed by atoms with Gasteiger partial charge in [-0.2, -0.15) is 5.10 Å². The highest BCUT2D eigenvalue weighted by Gasteiger charge is 2.17. The van der Waals surface area contributed by atoms with Crippen LogP contribution in [-0.4, -0.2) is 39.6 Å². The number of nitrogens with zero attached hydrogens (tertiary/aromatic N) is 4. The van der Waals surface area contributed by atoms with E-state index in [9.17, 15) is 0 Å². The molecule has 27 heavy (non-hydrogen) atoms. The summed E-state index contributed by atoms with van der Waals surface area (Å²) in [6.45, 7) is 2.45. The fourth-order valence-corrected chi connectivity index (χ4v) is 4.01. The third-order valence-electron chi connectivity index (χ3n) is 5.50. The van der Waals surface area contributed by atoms with Crippen LogP contribution in [0.15, 0.2) is 42.6 Å². The van der Waals surface area contributed by atoms with E-state index in [1.165, 1.54) is 32.4 Å². The first-order chi connectivity index (χ1) is 13.2. The Morgan fingerprint density at radius 2 is 2.04 bits per heavy atom. The molecule has 138 valence electrons. The van der Waals surface area contributed by atoms with Gasteiger partial charge in [0.2, 0.25) is 0 Å². The number of fused-ring (bicyclic) bond motifs is 1. The van der Waals surface area contributed by atoms with Crippen molar-refractivity contribution in [2.24, 2.45) is 5.92 Å². The summed E-state index contributed by atoms with van der Waals surface area (Å²) in [6, 6.07) is 12.6. The number of terminal acetylenes is 1. The molecular formula is C23H26N4. The maximum Gasteiger partial charge on any atom is 0.154 e. The van der Waals surface area contributed by atoms with E-state index in [-0.39, 0.29) is 0 Å². The largest absolute Gasteiger partial charge is 0.306 e. The summed E-state index contributed by atoms with van der Waals surface area (Å²) in [5.41, 5.74) is 5.32. The molecule has 2 aromatic heterocycles. The van der Waals surface area contributed by atoms with Crippen molar-refractivity contribution in [3.63, 3.8) is 0 Å². The molecule has 1 atom stereocenters. The van der Waals surface area contributed by atoms with E-state index in [2.05, 4.69) is 59.3 Å². The van der Waals surface area contributed by atoms with E-state index in [0.29, 0.717) is 6.42 Å². The highest BCUT2D eigenvalue weighted by Crippen LogP contribution is 2.23. The van der Waals surface area contributed by atoms with Crippen LogP contribution >= 0.6 is 0 Å². The van der Waals surface area contributed by atoms with Crippen molar-refractivity contribution in [1.82, 2.24) is 19.5 Å². The fraction of sp³-hybridized carbons (Fsp3) is 0.391. The van der Waals surface area contributed by atoms with Gasteiger partial charge in [-0.25, -0.2) is 9.50 Å². The molecule has 4 nitrogen and oxygen atoms in total. The predicted molar refractivity (Wildman–Crippen MR) is 110 cm³/mol. The number of likely N-dealkylation sites (tertiary alicyclic amines) is 1. The van der Waals surface area contributed by atoms with Gasteiger partial charge in [-0.3, -0.25) is 0 Å². The van der Waals surface area contributed by atoms with E-state index in [1.54, 1.807) is 0 Å². The predicted octanol–water partition coefficient (Wildman–Crippen LogP) is 3.85. The average molecular weight is 358 g/mol. The zero-order chi connectivity index (χ0) is 18.6. The summed E-state index contributed by atoms with van der Waals surface area (Å²) >= 11 is 0. The Morgan fingerprint density at radius 1 is 1.19 bits per heavy atom. The first-order valence-electron chi connectivity index (χ1n) is 9.78. The van der Waals surface area contributed by atoms with Gasteiger partial charge in [0.1, 0.15) is 0 Å². The summed E-state index contributed by atoms with van der Waals surface area (Å²) in [5.74, 6) is 3.47. The van der Waals surface area contributed by atoms with Crippen molar-refractivity contribution in [1.29, 1.82) is 0 Å². The number of rotatable bonds is 5. The standard InChI is InChI=1S/C23H26N4/c1-3-5-18-7-10-20(11-8-18)22-16-24-23-14-13-21(25-27(22)23)12-9-19-6-4-15-26(2)17-19/h1,7-8,10-11,13-14,16,19H,4-6,9,12,15,17H2,2H3. The molecule has 1 aliphatic heterocycles. The van der Waals surface area contributed by atoms with E-state index >= 15 is 0 Å². The Labute approximate surface area is 161 Å². The van der Waals surface area contributed by atoms with Crippen LogP contribution in [0.2, 0.25) is 0 Å². The summed E-state index contributed by atoms with van der Waals surface area (Å²) in [6.07, 6.45) is 12.8. The molecule has 0 saturated carbocycles. The first kappa shape index (κ1) is 17.8. The smallest absolute Gasteiger partial charge is 0.154 e. The van der Waals surface area contributed by atoms with Crippen LogP contribution in [0.1, 0.15) is 30.5 Å². The Bertz CT molecular complexity index is 949. The van der Waals surface area contributed by atoms with Crippen molar-refractivity contribution in [3.8, 4) is 23.6 Å². The molecule has 0 spiro atoms. The quantitative estimate of drug-likeness (QED) is 0.650. The van der Waals surface area contributed by atoms with Crippen LogP contribution in [-0.2, 0) is 12.8 Å². The van der Waals surface area contributed by atoms with Gasteiger partial charge in [0.25, 0.3) is 0 Å².